The molecule has 1 unspecified atom stereocenters. The molecule has 0 heterocycles. The van der Waals surface area contributed by atoms with Crippen molar-refractivity contribution in [1.82, 2.24) is 0 Å². The number of hydrogen-bond donors (Lipinski definition) is 1. The van der Waals surface area contributed by atoms with Crippen molar-refractivity contribution in [1.29, 1.82) is 0 Å². The predicted molar refractivity (Wildman–Crippen MR) is 42.5 cm³/mol. The van der Waals surface area contributed by atoms with Gasteiger partial charge in [-0.15, -0.1) is 0 Å². The number of allylic oxidation sites excluding steroid dienone is 1. The van der Waals surface area contributed by atoms with Crippen LogP contribution in [0.5, 0.6) is 0 Å². The lowest BCUT2D eigenvalue weighted by Crippen LogP contribution is -2.58. The average molecular weight is 205 g/mol. The van der Waals surface area contributed by atoms with Crippen molar-refractivity contribution < 1.29 is 23.8 Å². The fourth-order valence-electron chi connectivity index (χ4n) is 1.43. The Bertz CT molecular complexity index is 286. The largest absolute Gasteiger partial charge is 0.544 e. The first kappa shape index (κ1) is 11.1. The minimum absolute atomic E-state index is 0.254. The van der Waals surface area contributed by atoms with Gasteiger partial charge in [0.15, 0.2) is 0 Å². The lowest BCUT2D eigenvalue weighted by molar-refractivity contribution is -0.344. The van der Waals surface area contributed by atoms with Crippen molar-refractivity contribution in [2.24, 2.45) is 0 Å². The Morgan fingerprint density at radius 3 is 2.64 bits per heavy atom. The molecule has 3 nitrogen and oxygen atoms in total. The third-order valence-corrected chi connectivity index (χ3v) is 2.56. The molecule has 1 aliphatic rings. The zero-order valence-electron chi connectivity index (χ0n) is 7.72. The van der Waals surface area contributed by atoms with Crippen LogP contribution in [0.25, 0.3) is 0 Å². The summed E-state index contributed by atoms with van der Waals surface area (Å²) in [5.41, 5.74) is -1.62. The summed E-state index contributed by atoms with van der Waals surface area (Å²) in [6, 6.07) is 0. The van der Waals surface area contributed by atoms with Gasteiger partial charge in [-0.05, 0) is 19.8 Å². The molecule has 1 atom stereocenters. The van der Waals surface area contributed by atoms with Gasteiger partial charge in [-0.3, -0.25) is 0 Å². The van der Waals surface area contributed by atoms with E-state index in [0.29, 0.717) is 0 Å². The third-order valence-electron chi connectivity index (χ3n) is 2.56. The van der Waals surface area contributed by atoms with Crippen molar-refractivity contribution in [3.63, 3.8) is 0 Å². The van der Waals surface area contributed by atoms with Crippen LogP contribution in [0.1, 0.15) is 26.2 Å². The zero-order valence-corrected chi connectivity index (χ0v) is 7.72. The summed E-state index contributed by atoms with van der Waals surface area (Å²) >= 11 is 0. The van der Waals surface area contributed by atoms with E-state index in [2.05, 4.69) is 0 Å². The first-order chi connectivity index (χ1) is 6.29. The molecule has 14 heavy (non-hydrogen) atoms. The highest BCUT2D eigenvalue weighted by molar-refractivity contribution is 5.75. The first-order valence-electron chi connectivity index (χ1n) is 4.27. The Hall–Kier alpha value is -0.970. The van der Waals surface area contributed by atoms with E-state index < -0.39 is 17.5 Å². The van der Waals surface area contributed by atoms with Crippen LogP contribution in [0, 0.1) is 0 Å². The van der Waals surface area contributed by atoms with Crippen LogP contribution in [0.15, 0.2) is 11.6 Å². The number of aliphatic hydroxyl groups is 1. The summed E-state index contributed by atoms with van der Waals surface area (Å²) in [5.74, 6) is -6.71. The number of carbonyl (C=O) groups is 1. The van der Waals surface area contributed by atoms with Gasteiger partial charge in [0, 0.05) is 6.42 Å². The van der Waals surface area contributed by atoms with E-state index in [9.17, 15) is 23.8 Å². The second-order valence-corrected chi connectivity index (χ2v) is 3.65. The number of halogens is 2. The fraction of sp³-hybridized carbons (Fsp3) is 0.667. The molecule has 0 aromatic heterocycles. The van der Waals surface area contributed by atoms with E-state index in [4.69, 9.17) is 0 Å². The number of aliphatic carboxylic acids is 1. The van der Waals surface area contributed by atoms with Crippen molar-refractivity contribution >= 4 is 5.97 Å². The van der Waals surface area contributed by atoms with Gasteiger partial charge in [0.1, 0.15) is 11.6 Å². The van der Waals surface area contributed by atoms with Crippen molar-refractivity contribution in [3.8, 4) is 0 Å². The highest BCUT2D eigenvalue weighted by Crippen LogP contribution is 2.39. The van der Waals surface area contributed by atoms with Gasteiger partial charge in [-0.25, -0.2) is 0 Å². The van der Waals surface area contributed by atoms with Crippen molar-refractivity contribution in [2.45, 2.75) is 37.7 Å². The maximum atomic E-state index is 13.0. The number of carboxylic acids is 1. The van der Waals surface area contributed by atoms with E-state index >= 15 is 0 Å². The molecule has 0 aliphatic heterocycles. The number of alkyl halides is 2. The Kier molecular flexibility index (Phi) is 2.63. The molecule has 80 valence electrons. The van der Waals surface area contributed by atoms with Gasteiger partial charge in [-0.2, -0.15) is 8.78 Å². The molecule has 0 aromatic rings. The van der Waals surface area contributed by atoms with Crippen LogP contribution in [-0.2, 0) is 4.79 Å². The number of hydrogen-bond acceptors (Lipinski definition) is 3. The smallest absolute Gasteiger partial charge is 0.315 e. The van der Waals surface area contributed by atoms with Gasteiger partial charge in [0.2, 0.25) is 0 Å². The highest BCUT2D eigenvalue weighted by Gasteiger charge is 2.53. The highest BCUT2D eigenvalue weighted by atomic mass is 19.3. The number of rotatable bonds is 2. The maximum absolute atomic E-state index is 13.0. The molecule has 1 rings (SSSR count). The molecular formula is C9H11F2O3-. The average Bonchev–Trinajstić information content (AvgIpc) is 2.10. The maximum Gasteiger partial charge on any atom is 0.315 e. The van der Waals surface area contributed by atoms with Gasteiger partial charge in [0.25, 0.3) is 0 Å². The van der Waals surface area contributed by atoms with E-state index in [1.807, 2.05) is 0 Å². The van der Waals surface area contributed by atoms with Gasteiger partial charge >= 0.3 is 5.92 Å². The van der Waals surface area contributed by atoms with Gasteiger partial charge in [-0.1, -0.05) is 11.6 Å². The quantitative estimate of drug-likeness (QED) is 0.656. The molecule has 1 aliphatic carbocycles. The zero-order chi connectivity index (χ0) is 11.0. The molecule has 0 radical (unpaired) electrons. The monoisotopic (exact) mass is 205 g/mol. The second kappa shape index (κ2) is 3.31. The summed E-state index contributed by atoms with van der Waals surface area (Å²) in [6.45, 7) is 1.75. The van der Waals surface area contributed by atoms with Gasteiger partial charge < -0.3 is 15.0 Å². The van der Waals surface area contributed by atoms with Crippen LogP contribution in [0.4, 0.5) is 8.78 Å². The molecule has 0 bridgehead atoms. The lowest BCUT2D eigenvalue weighted by Gasteiger charge is -2.38. The standard InChI is InChI=1S/C9H12F2O3/c1-6-2-4-8(14,5-3-6)9(10,11)7(12)13/h2,14H,3-5H2,1H3,(H,12,13)/p-1. The van der Waals surface area contributed by atoms with Crippen LogP contribution in [0.3, 0.4) is 0 Å². The van der Waals surface area contributed by atoms with E-state index in [0.717, 1.165) is 5.57 Å². The van der Waals surface area contributed by atoms with Crippen molar-refractivity contribution in [3.05, 3.63) is 11.6 Å². The van der Waals surface area contributed by atoms with Crippen LogP contribution in [0.2, 0.25) is 0 Å². The minimum atomic E-state index is -4.19. The molecule has 0 saturated carbocycles. The predicted octanol–water partition coefficient (Wildman–Crippen LogP) is 0.233. The molecule has 0 spiro atoms. The summed E-state index contributed by atoms with van der Waals surface area (Å²) < 4.78 is 26.0. The summed E-state index contributed by atoms with van der Waals surface area (Å²) in [7, 11) is 0. The van der Waals surface area contributed by atoms with E-state index in [1.165, 1.54) is 6.08 Å². The van der Waals surface area contributed by atoms with E-state index in [-0.39, 0.29) is 19.3 Å². The van der Waals surface area contributed by atoms with Crippen LogP contribution >= 0.6 is 0 Å². The molecule has 0 fully saturated rings. The molecule has 0 aromatic carbocycles. The molecule has 0 saturated heterocycles. The van der Waals surface area contributed by atoms with E-state index in [1.54, 1.807) is 6.92 Å². The number of carboxylic acid groups (broad SMARTS) is 1. The van der Waals surface area contributed by atoms with Crippen molar-refractivity contribution in [2.75, 3.05) is 0 Å². The second-order valence-electron chi connectivity index (χ2n) is 3.65. The Morgan fingerprint density at radius 1 is 1.71 bits per heavy atom. The Balaban J connectivity index is 2.92. The SMILES string of the molecule is CC1=CCC(O)(C(F)(F)C(=O)[O-])CC1. The number of carbonyl (C=O) groups excluding carboxylic acids is 1. The van der Waals surface area contributed by atoms with Crippen LogP contribution in [-0.4, -0.2) is 22.6 Å². The topological polar surface area (TPSA) is 60.4 Å². The summed E-state index contributed by atoms with van der Waals surface area (Å²) in [5, 5.41) is 19.6. The molecule has 5 heteroatoms. The minimum Gasteiger partial charge on any atom is -0.544 e. The summed E-state index contributed by atoms with van der Waals surface area (Å²) in [6.07, 6.45) is 1.11. The Morgan fingerprint density at radius 2 is 2.29 bits per heavy atom. The van der Waals surface area contributed by atoms with Gasteiger partial charge in [0.05, 0.1) is 0 Å². The fourth-order valence-corrected chi connectivity index (χ4v) is 1.43. The molecule has 1 N–H and O–H groups in total. The third kappa shape index (κ3) is 1.64. The normalized spacial score (nSPS) is 28.4. The summed E-state index contributed by atoms with van der Waals surface area (Å²) in [4.78, 5) is 10.2. The first-order valence-corrected chi connectivity index (χ1v) is 4.27. The van der Waals surface area contributed by atoms with Crippen LogP contribution < -0.4 is 5.11 Å². The Labute approximate surface area is 80.0 Å². The molecular weight excluding hydrogens is 194 g/mol. The lowest BCUT2D eigenvalue weighted by atomic mass is 9.81. The molecule has 0 amide bonds.